The number of nitrogens with zero attached hydrogens (tertiary/aromatic N) is 2. The topological polar surface area (TPSA) is 65.5 Å². The van der Waals surface area contributed by atoms with Gasteiger partial charge in [-0.2, -0.15) is 0 Å². The molecule has 0 aliphatic carbocycles. The zero-order chi connectivity index (χ0) is 20.9. The van der Waals surface area contributed by atoms with Crippen LogP contribution in [0.25, 0.3) is 10.9 Å². The Labute approximate surface area is 173 Å². The van der Waals surface area contributed by atoms with Gasteiger partial charge in [0, 0.05) is 23.2 Å². The molecule has 152 valence electrons. The van der Waals surface area contributed by atoms with Gasteiger partial charge in [0.05, 0.1) is 19.7 Å². The number of rotatable bonds is 7. The van der Waals surface area contributed by atoms with E-state index in [1.165, 1.54) is 18.5 Å². The van der Waals surface area contributed by atoms with E-state index in [1.54, 1.807) is 26.4 Å². The van der Waals surface area contributed by atoms with Crippen molar-refractivity contribution in [3.05, 3.63) is 78.4 Å². The molecule has 1 N–H and O–H groups in total. The summed E-state index contributed by atoms with van der Waals surface area (Å²) in [6, 6.07) is 17.5. The van der Waals surface area contributed by atoms with Crippen molar-refractivity contribution in [3.63, 3.8) is 0 Å². The van der Waals surface area contributed by atoms with Crippen LogP contribution in [0.3, 0.4) is 0 Å². The SMILES string of the molecule is COc1cc2ncnc(Nc3cccc(OCc4cccc(F)c4)c3)c2cc1OC. The lowest BCUT2D eigenvalue weighted by molar-refractivity contribution is 0.306. The molecule has 0 radical (unpaired) electrons. The van der Waals surface area contributed by atoms with Gasteiger partial charge in [-0.1, -0.05) is 18.2 Å². The highest BCUT2D eigenvalue weighted by Crippen LogP contribution is 2.34. The second-order valence-electron chi connectivity index (χ2n) is 6.52. The van der Waals surface area contributed by atoms with E-state index in [2.05, 4.69) is 15.3 Å². The number of fused-ring (bicyclic) bond motifs is 1. The Hall–Kier alpha value is -3.87. The zero-order valence-corrected chi connectivity index (χ0v) is 16.6. The third-order valence-corrected chi connectivity index (χ3v) is 4.53. The molecule has 1 heterocycles. The molecule has 0 bridgehead atoms. The van der Waals surface area contributed by atoms with E-state index in [-0.39, 0.29) is 12.4 Å². The zero-order valence-electron chi connectivity index (χ0n) is 16.6. The molecule has 0 saturated carbocycles. The molecule has 0 unspecified atom stereocenters. The van der Waals surface area contributed by atoms with Gasteiger partial charge in [0.25, 0.3) is 0 Å². The highest BCUT2D eigenvalue weighted by molar-refractivity contribution is 5.93. The molecule has 0 saturated heterocycles. The van der Waals surface area contributed by atoms with Crippen molar-refractivity contribution in [2.45, 2.75) is 6.61 Å². The van der Waals surface area contributed by atoms with Gasteiger partial charge in [-0.3, -0.25) is 0 Å². The van der Waals surface area contributed by atoms with Crippen molar-refractivity contribution in [1.29, 1.82) is 0 Å². The van der Waals surface area contributed by atoms with Crippen LogP contribution in [0.2, 0.25) is 0 Å². The van der Waals surface area contributed by atoms with E-state index in [0.29, 0.717) is 23.1 Å². The Kier molecular flexibility index (Phi) is 5.61. The quantitative estimate of drug-likeness (QED) is 0.461. The highest BCUT2D eigenvalue weighted by Gasteiger charge is 2.11. The molecule has 0 amide bonds. The summed E-state index contributed by atoms with van der Waals surface area (Å²) in [6.07, 6.45) is 1.49. The second-order valence-corrected chi connectivity index (χ2v) is 6.52. The Morgan fingerprint density at radius 2 is 1.70 bits per heavy atom. The number of methoxy groups -OCH3 is 2. The molecule has 0 spiro atoms. The largest absolute Gasteiger partial charge is 0.493 e. The van der Waals surface area contributed by atoms with Crippen LogP contribution < -0.4 is 19.5 Å². The van der Waals surface area contributed by atoms with E-state index in [9.17, 15) is 4.39 Å². The summed E-state index contributed by atoms with van der Waals surface area (Å²) in [5.41, 5.74) is 2.28. The number of hydrogen-bond acceptors (Lipinski definition) is 6. The third kappa shape index (κ3) is 4.25. The minimum atomic E-state index is -0.283. The van der Waals surface area contributed by atoms with Gasteiger partial charge in [0.1, 0.15) is 30.3 Å². The van der Waals surface area contributed by atoms with E-state index in [0.717, 1.165) is 22.2 Å². The minimum absolute atomic E-state index is 0.272. The van der Waals surface area contributed by atoms with E-state index < -0.39 is 0 Å². The first-order valence-corrected chi connectivity index (χ1v) is 9.27. The monoisotopic (exact) mass is 405 g/mol. The fourth-order valence-electron chi connectivity index (χ4n) is 3.08. The van der Waals surface area contributed by atoms with Crippen molar-refractivity contribution < 1.29 is 18.6 Å². The van der Waals surface area contributed by atoms with E-state index in [1.807, 2.05) is 36.4 Å². The van der Waals surface area contributed by atoms with Gasteiger partial charge < -0.3 is 19.5 Å². The fourth-order valence-corrected chi connectivity index (χ4v) is 3.08. The lowest BCUT2D eigenvalue weighted by Gasteiger charge is -2.13. The van der Waals surface area contributed by atoms with Crippen LogP contribution in [0.5, 0.6) is 17.2 Å². The summed E-state index contributed by atoms with van der Waals surface area (Å²) in [6.45, 7) is 0.272. The maximum Gasteiger partial charge on any atom is 0.162 e. The molecule has 1 aromatic heterocycles. The molecule has 0 aliphatic heterocycles. The first-order valence-electron chi connectivity index (χ1n) is 9.27. The first kappa shape index (κ1) is 19.4. The summed E-state index contributed by atoms with van der Waals surface area (Å²) in [5, 5.41) is 4.09. The van der Waals surface area contributed by atoms with Gasteiger partial charge in [-0.05, 0) is 35.9 Å². The molecular formula is C23H20FN3O3. The molecular weight excluding hydrogens is 385 g/mol. The van der Waals surface area contributed by atoms with Crippen molar-refractivity contribution in [2.75, 3.05) is 19.5 Å². The summed E-state index contributed by atoms with van der Waals surface area (Å²) >= 11 is 0. The number of hydrogen-bond donors (Lipinski definition) is 1. The van der Waals surface area contributed by atoms with E-state index in [4.69, 9.17) is 14.2 Å². The summed E-state index contributed by atoms with van der Waals surface area (Å²) in [5.74, 6) is 2.19. The van der Waals surface area contributed by atoms with Gasteiger partial charge in [-0.15, -0.1) is 0 Å². The molecule has 30 heavy (non-hydrogen) atoms. The smallest absolute Gasteiger partial charge is 0.162 e. The van der Waals surface area contributed by atoms with E-state index >= 15 is 0 Å². The van der Waals surface area contributed by atoms with Crippen LogP contribution in [0, 0.1) is 5.82 Å². The molecule has 3 aromatic carbocycles. The number of anilines is 2. The van der Waals surface area contributed by atoms with Crippen LogP contribution >= 0.6 is 0 Å². The second kappa shape index (κ2) is 8.65. The van der Waals surface area contributed by atoms with Crippen molar-refractivity contribution in [2.24, 2.45) is 0 Å². The van der Waals surface area contributed by atoms with Crippen LogP contribution in [-0.2, 0) is 6.61 Å². The van der Waals surface area contributed by atoms with Crippen LogP contribution in [-0.4, -0.2) is 24.2 Å². The summed E-state index contributed by atoms with van der Waals surface area (Å²) in [4.78, 5) is 8.68. The lowest BCUT2D eigenvalue weighted by atomic mass is 10.2. The number of benzene rings is 3. The maximum absolute atomic E-state index is 13.3. The maximum atomic E-state index is 13.3. The number of ether oxygens (including phenoxy) is 3. The van der Waals surface area contributed by atoms with Crippen LogP contribution in [0.15, 0.2) is 67.0 Å². The van der Waals surface area contributed by atoms with Crippen molar-refractivity contribution in [1.82, 2.24) is 9.97 Å². The molecule has 0 aliphatic rings. The van der Waals surface area contributed by atoms with Gasteiger partial charge in [-0.25, -0.2) is 14.4 Å². The number of aromatic nitrogens is 2. The molecule has 0 fully saturated rings. The molecule has 7 heteroatoms. The summed E-state index contributed by atoms with van der Waals surface area (Å²) < 4.78 is 29.9. The Morgan fingerprint density at radius 1 is 0.900 bits per heavy atom. The highest BCUT2D eigenvalue weighted by atomic mass is 19.1. The Morgan fingerprint density at radius 3 is 2.50 bits per heavy atom. The van der Waals surface area contributed by atoms with Gasteiger partial charge >= 0.3 is 0 Å². The minimum Gasteiger partial charge on any atom is -0.493 e. The normalized spacial score (nSPS) is 10.6. The van der Waals surface area contributed by atoms with Crippen LogP contribution in [0.1, 0.15) is 5.56 Å². The standard InChI is InChI=1S/C23H20FN3O3/c1-28-21-11-19-20(12-22(21)29-2)25-14-26-23(19)27-17-7-4-8-18(10-17)30-13-15-5-3-6-16(24)9-15/h3-12,14H,13H2,1-2H3,(H,25,26,27). The van der Waals surface area contributed by atoms with Gasteiger partial charge in [0.2, 0.25) is 0 Å². The number of nitrogens with one attached hydrogen (secondary N) is 1. The Bertz CT molecular complexity index is 1180. The predicted octanol–water partition coefficient (Wildman–Crippen LogP) is 5.11. The average Bonchev–Trinajstić information content (AvgIpc) is 2.77. The molecule has 4 aromatic rings. The lowest BCUT2D eigenvalue weighted by Crippen LogP contribution is -1.99. The number of halogens is 1. The van der Waals surface area contributed by atoms with Crippen molar-refractivity contribution in [3.8, 4) is 17.2 Å². The summed E-state index contributed by atoms with van der Waals surface area (Å²) in [7, 11) is 3.17. The van der Waals surface area contributed by atoms with Crippen LogP contribution in [0.4, 0.5) is 15.9 Å². The predicted molar refractivity (Wildman–Crippen MR) is 113 cm³/mol. The molecule has 4 rings (SSSR count). The molecule has 6 nitrogen and oxygen atoms in total. The fraction of sp³-hybridized carbons (Fsp3) is 0.130. The third-order valence-electron chi connectivity index (χ3n) is 4.53. The average molecular weight is 405 g/mol. The van der Waals surface area contributed by atoms with Crippen molar-refractivity contribution >= 4 is 22.4 Å². The first-order chi connectivity index (χ1) is 14.7. The van der Waals surface area contributed by atoms with Gasteiger partial charge in [0.15, 0.2) is 11.5 Å². The molecule has 0 atom stereocenters. The Balaban J connectivity index is 1.57.